The molecule has 0 bridgehead atoms. The topological polar surface area (TPSA) is 72.1 Å². The molecule has 1 fully saturated rings. The second kappa shape index (κ2) is 5.57. The normalized spacial score (nSPS) is 15.3. The van der Waals surface area contributed by atoms with Crippen molar-refractivity contribution in [3.05, 3.63) is 30.0 Å². The summed E-state index contributed by atoms with van der Waals surface area (Å²) in [5.74, 6) is 2.14. The van der Waals surface area contributed by atoms with Crippen molar-refractivity contribution < 1.29 is 0 Å². The molecule has 7 heteroatoms. The third kappa shape index (κ3) is 2.52. The molecule has 0 unspecified atom stereocenters. The van der Waals surface area contributed by atoms with Crippen LogP contribution in [0.15, 0.2) is 18.5 Å². The van der Waals surface area contributed by atoms with Crippen molar-refractivity contribution in [2.24, 2.45) is 0 Å². The van der Waals surface area contributed by atoms with Crippen LogP contribution in [-0.4, -0.2) is 42.6 Å². The molecule has 0 N–H and O–H groups in total. The molecule has 7 nitrogen and oxygen atoms in total. The molecular weight excluding hydrogens is 290 g/mol. The molecule has 0 spiro atoms. The number of aromatic nitrogens is 6. The highest BCUT2D eigenvalue weighted by Crippen LogP contribution is 2.23. The van der Waals surface area contributed by atoms with E-state index in [2.05, 4.69) is 25.0 Å². The van der Waals surface area contributed by atoms with Gasteiger partial charge in [-0.3, -0.25) is 0 Å². The maximum Gasteiger partial charge on any atom is 0.252 e. The van der Waals surface area contributed by atoms with E-state index in [-0.39, 0.29) is 0 Å². The molecule has 3 aromatic heterocycles. The van der Waals surface area contributed by atoms with E-state index in [4.69, 9.17) is 4.98 Å². The number of fused-ring (bicyclic) bond motifs is 1. The summed E-state index contributed by atoms with van der Waals surface area (Å²) < 4.78 is 1.77. The quantitative estimate of drug-likeness (QED) is 0.722. The monoisotopic (exact) mass is 309 g/mol. The molecule has 1 aliphatic heterocycles. The van der Waals surface area contributed by atoms with Gasteiger partial charge in [-0.1, -0.05) is 0 Å². The molecule has 0 amide bonds. The summed E-state index contributed by atoms with van der Waals surface area (Å²) in [7, 11) is 0. The van der Waals surface area contributed by atoms with Crippen molar-refractivity contribution in [3.8, 4) is 11.3 Å². The summed E-state index contributed by atoms with van der Waals surface area (Å²) >= 11 is 0. The molecule has 4 rings (SSSR count). The zero-order valence-electron chi connectivity index (χ0n) is 13.4. The molecule has 0 aliphatic carbocycles. The van der Waals surface area contributed by atoms with Crippen molar-refractivity contribution in [2.45, 2.75) is 33.1 Å². The fourth-order valence-electron chi connectivity index (χ4n) is 3.04. The number of anilines is 1. The van der Waals surface area contributed by atoms with Gasteiger partial charge in [0.05, 0.1) is 11.4 Å². The lowest BCUT2D eigenvalue weighted by Crippen LogP contribution is -2.31. The summed E-state index contributed by atoms with van der Waals surface area (Å²) in [6, 6.07) is 1.92. The lowest BCUT2D eigenvalue weighted by Gasteiger charge is -2.26. The first-order valence-corrected chi connectivity index (χ1v) is 8.00. The molecule has 0 saturated carbocycles. The van der Waals surface area contributed by atoms with E-state index in [1.54, 1.807) is 4.52 Å². The van der Waals surface area contributed by atoms with Crippen molar-refractivity contribution in [3.63, 3.8) is 0 Å². The fourth-order valence-corrected chi connectivity index (χ4v) is 3.04. The van der Waals surface area contributed by atoms with Crippen LogP contribution in [0.25, 0.3) is 17.0 Å². The number of aryl methyl sites for hydroxylation is 2. The van der Waals surface area contributed by atoms with Gasteiger partial charge in [0.2, 0.25) is 5.95 Å². The Hall–Kier alpha value is -2.57. The average Bonchev–Trinajstić information content (AvgIpc) is 2.98. The van der Waals surface area contributed by atoms with Crippen molar-refractivity contribution in [1.82, 2.24) is 29.5 Å². The number of hydrogen-bond donors (Lipinski definition) is 0. The highest BCUT2D eigenvalue weighted by molar-refractivity contribution is 5.63. The molecule has 0 aromatic carbocycles. The molecule has 0 atom stereocenters. The lowest BCUT2D eigenvalue weighted by atomic mass is 10.1. The molecule has 0 radical (unpaired) electrons. The minimum atomic E-state index is 0.620. The average molecular weight is 309 g/mol. The van der Waals surface area contributed by atoms with Gasteiger partial charge in [-0.2, -0.15) is 10.1 Å². The molecule has 3 aromatic rings. The van der Waals surface area contributed by atoms with Crippen molar-refractivity contribution in [1.29, 1.82) is 0 Å². The number of rotatable bonds is 2. The Morgan fingerprint density at radius 2 is 1.83 bits per heavy atom. The molecule has 4 heterocycles. The smallest absolute Gasteiger partial charge is 0.252 e. The van der Waals surface area contributed by atoms with Gasteiger partial charge in [0.25, 0.3) is 5.78 Å². The first kappa shape index (κ1) is 14.0. The van der Waals surface area contributed by atoms with Crippen LogP contribution in [0.5, 0.6) is 0 Å². The maximum absolute atomic E-state index is 4.75. The Bertz CT molecular complexity index is 849. The Labute approximate surface area is 134 Å². The molecule has 1 saturated heterocycles. The third-order valence-electron chi connectivity index (χ3n) is 4.27. The van der Waals surface area contributed by atoms with Gasteiger partial charge in [0, 0.05) is 31.0 Å². The number of hydrogen-bond acceptors (Lipinski definition) is 6. The highest BCUT2D eigenvalue weighted by atomic mass is 15.3. The fraction of sp³-hybridized carbons (Fsp3) is 0.438. The predicted octanol–water partition coefficient (Wildman–Crippen LogP) is 2.19. The minimum Gasteiger partial charge on any atom is -0.341 e. The molecule has 23 heavy (non-hydrogen) atoms. The molecular formula is C16H19N7. The van der Waals surface area contributed by atoms with E-state index in [0.29, 0.717) is 5.78 Å². The van der Waals surface area contributed by atoms with E-state index >= 15 is 0 Å². The zero-order valence-corrected chi connectivity index (χ0v) is 13.4. The van der Waals surface area contributed by atoms with Gasteiger partial charge in [0.15, 0.2) is 0 Å². The Morgan fingerprint density at radius 3 is 2.65 bits per heavy atom. The van der Waals surface area contributed by atoms with E-state index in [0.717, 1.165) is 41.8 Å². The van der Waals surface area contributed by atoms with E-state index in [1.807, 2.05) is 32.3 Å². The van der Waals surface area contributed by atoms with Crippen LogP contribution >= 0.6 is 0 Å². The minimum absolute atomic E-state index is 0.620. The summed E-state index contributed by atoms with van der Waals surface area (Å²) in [6.45, 7) is 5.94. The van der Waals surface area contributed by atoms with Crippen molar-refractivity contribution >= 4 is 11.7 Å². The van der Waals surface area contributed by atoms with Gasteiger partial charge in [-0.25, -0.2) is 19.5 Å². The SMILES string of the molecule is Cc1nc2ncc(-c3ccnc(N4CCCCC4)n3)c(C)n2n1. The highest BCUT2D eigenvalue weighted by Gasteiger charge is 2.16. The van der Waals surface area contributed by atoms with Gasteiger partial charge in [-0.15, -0.1) is 0 Å². The van der Waals surface area contributed by atoms with Crippen LogP contribution in [0, 0.1) is 13.8 Å². The van der Waals surface area contributed by atoms with Crippen LogP contribution in [0.2, 0.25) is 0 Å². The van der Waals surface area contributed by atoms with Gasteiger partial charge >= 0.3 is 0 Å². The van der Waals surface area contributed by atoms with Crippen molar-refractivity contribution in [2.75, 3.05) is 18.0 Å². The summed E-state index contributed by atoms with van der Waals surface area (Å²) in [4.78, 5) is 20.2. The molecule has 118 valence electrons. The zero-order chi connectivity index (χ0) is 15.8. The standard InChI is InChI=1S/C16H19N7/c1-11-13(10-18-16-19-12(2)21-23(11)16)14-6-7-17-15(20-14)22-8-4-3-5-9-22/h6-7,10H,3-5,8-9H2,1-2H3. The van der Waals surface area contributed by atoms with E-state index in [9.17, 15) is 0 Å². The van der Waals surface area contributed by atoms with Gasteiger partial charge in [0.1, 0.15) is 5.82 Å². The van der Waals surface area contributed by atoms with Crippen LogP contribution in [0.3, 0.4) is 0 Å². The summed E-state index contributed by atoms with van der Waals surface area (Å²) in [5.41, 5.74) is 2.82. The van der Waals surface area contributed by atoms with Gasteiger partial charge < -0.3 is 4.90 Å². The van der Waals surface area contributed by atoms with E-state index in [1.165, 1.54) is 19.3 Å². The molecule has 1 aliphatic rings. The van der Waals surface area contributed by atoms with E-state index < -0.39 is 0 Å². The van der Waals surface area contributed by atoms with Crippen LogP contribution < -0.4 is 4.90 Å². The lowest BCUT2D eigenvalue weighted by molar-refractivity contribution is 0.568. The Kier molecular flexibility index (Phi) is 3.40. The van der Waals surface area contributed by atoms with Crippen LogP contribution in [0.4, 0.5) is 5.95 Å². The summed E-state index contributed by atoms with van der Waals surface area (Å²) in [6.07, 6.45) is 7.35. The number of piperidine rings is 1. The predicted molar refractivity (Wildman–Crippen MR) is 87.3 cm³/mol. The Balaban J connectivity index is 1.76. The third-order valence-corrected chi connectivity index (χ3v) is 4.27. The number of nitrogens with zero attached hydrogens (tertiary/aromatic N) is 7. The second-order valence-corrected chi connectivity index (χ2v) is 5.92. The second-order valence-electron chi connectivity index (χ2n) is 5.92. The summed E-state index contributed by atoms with van der Waals surface area (Å²) in [5, 5.41) is 4.40. The maximum atomic E-state index is 4.75. The first-order chi connectivity index (χ1) is 11.2. The van der Waals surface area contributed by atoms with Crippen LogP contribution in [-0.2, 0) is 0 Å². The largest absolute Gasteiger partial charge is 0.341 e. The first-order valence-electron chi connectivity index (χ1n) is 8.00. The van der Waals surface area contributed by atoms with Crippen LogP contribution in [0.1, 0.15) is 30.8 Å². The Morgan fingerprint density at radius 1 is 1.00 bits per heavy atom. The van der Waals surface area contributed by atoms with Gasteiger partial charge in [-0.05, 0) is 39.2 Å².